The van der Waals surface area contributed by atoms with Crippen LogP contribution < -0.4 is 11.1 Å². The standard InChI is InChI=1S/C12H12N4O2/c1-7-3-2-4-8(5-7)12(18)15-11-9(10(13)17)6-14-16-11/h2-6H,1H3,(H2,13,17)(H2,14,15,16,18). The van der Waals surface area contributed by atoms with E-state index < -0.39 is 5.91 Å². The molecule has 0 aliphatic rings. The number of nitrogens with two attached hydrogens (primary N) is 1. The van der Waals surface area contributed by atoms with Gasteiger partial charge in [-0.3, -0.25) is 14.7 Å². The van der Waals surface area contributed by atoms with Crippen molar-refractivity contribution in [3.8, 4) is 0 Å². The van der Waals surface area contributed by atoms with Gasteiger partial charge in [-0.1, -0.05) is 17.7 Å². The van der Waals surface area contributed by atoms with Gasteiger partial charge < -0.3 is 11.1 Å². The number of nitrogens with one attached hydrogen (secondary N) is 2. The van der Waals surface area contributed by atoms with Gasteiger partial charge >= 0.3 is 0 Å². The Hall–Kier alpha value is -2.63. The van der Waals surface area contributed by atoms with Crippen molar-refractivity contribution in [1.82, 2.24) is 10.2 Å². The molecule has 6 heteroatoms. The van der Waals surface area contributed by atoms with Gasteiger partial charge in [-0.15, -0.1) is 0 Å². The molecule has 2 amide bonds. The van der Waals surface area contributed by atoms with Gasteiger partial charge in [0.25, 0.3) is 11.8 Å². The van der Waals surface area contributed by atoms with Crippen LogP contribution in [0.15, 0.2) is 30.5 Å². The molecule has 0 spiro atoms. The summed E-state index contributed by atoms with van der Waals surface area (Å²) in [5.41, 5.74) is 6.77. The molecule has 1 aromatic heterocycles. The highest BCUT2D eigenvalue weighted by atomic mass is 16.2. The zero-order valence-corrected chi connectivity index (χ0v) is 9.73. The van der Waals surface area contributed by atoms with E-state index in [2.05, 4.69) is 15.5 Å². The lowest BCUT2D eigenvalue weighted by Crippen LogP contribution is -2.17. The van der Waals surface area contributed by atoms with E-state index in [1.165, 1.54) is 6.20 Å². The van der Waals surface area contributed by atoms with E-state index in [4.69, 9.17) is 5.73 Å². The van der Waals surface area contributed by atoms with Crippen molar-refractivity contribution in [3.05, 3.63) is 47.2 Å². The summed E-state index contributed by atoms with van der Waals surface area (Å²) in [6.45, 7) is 1.89. The number of aryl methyl sites for hydroxylation is 1. The van der Waals surface area contributed by atoms with E-state index in [0.29, 0.717) is 5.56 Å². The van der Waals surface area contributed by atoms with Gasteiger partial charge in [0.1, 0.15) is 11.4 Å². The average molecular weight is 244 g/mol. The van der Waals surface area contributed by atoms with Crippen molar-refractivity contribution >= 4 is 17.6 Å². The third-order valence-electron chi connectivity index (χ3n) is 2.42. The minimum Gasteiger partial charge on any atom is -0.365 e. The molecule has 0 unspecified atom stereocenters. The number of rotatable bonds is 3. The molecule has 0 aliphatic carbocycles. The fraction of sp³-hybridized carbons (Fsp3) is 0.0833. The first-order chi connectivity index (χ1) is 8.58. The van der Waals surface area contributed by atoms with E-state index in [0.717, 1.165) is 5.56 Å². The highest BCUT2D eigenvalue weighted by Crippen LogP contribution is 2.12. The number of hydrogen-bond donors (Lipinski definition) is 3. The molecule has 0 fully saturated rings. The highest BCUT2D eigenvalue weighted by molar-refractivity contribution is 6.07. The molecule has 2 rings (SSSR count). The molecule has 0 saturated carbocycles. The normalized spacial score (nSPS) is 10.1. The smallest absolute Gasteiger partial charge is 0.256 e. The van der Waals surface area contributed by atoms with Gasteiger partial charge in [0.15, 0.2) is 0 Å². The van der Waals surface area contributed by atoms with Crippen LogP contribution in [0.1, 0.15) is 26.3 Å². The van der Waals surface area contributed by atoms with E-state index in [-0.39, 0.29) is 17.3 Å². The molecule has 0 radical (unpaired) electrons. The van der Waals surface area contributed by atoms with Crippen LogP contribution in [0.3, 0.4) is 0 Å². The fourth-order valence-electron chi connectivity index (χ4n) is 1.54. The Morgan fingerprint density at radius 1 is 1.39 bits per heavy atom. The van der Waals surface area contributed by atoms with Crippen molar-refractivity contribution in [2.45, 2.75) is 6.92 Å². The van der Waals surface area contributed by atoms with E-state index in [1.54, 1.807) is 18.2 Å². The number of aromatic amines is 1. The summed E-state index contributed by atoms with van der Waals surface area (Å²) in [7, 11) is 0. The van der Waals surface area contributed by atoms with E-state index in [9.17, 15) is 9.59 Å². The number of nitrogens with zero attached hydrogens (tertiary/aromatic N) is 1. The molecule has 2 aromatic rings. The topological polar surface area (TPSA) is 101 Å². The Labute approximate surface area is 103 Å². The SMILES string of the molecule is Cc1cccc(C(=O)Nc2[nH]ncc2C(N)=O)c1. The maximum atomic E-state index is 11.9. The van der Waals surface area contributed by atoms with Gasteiger partial charge in [-0.05, 0) is 19.1 Å². The number of hydrogen-bond acceptors (Lipinski definition) is 3. The number of carbonyl (C=O) groups excluding carboxylic acids is 2. The molecule has 1 aromatic carbocycles. The van der Waals surface area contributed by atoms with Crippen LogP contribution in [0, 0.1) is 6.92 Å². The molecular weight excluding hydrogens is 232 g/mol. The Kier molecular flexibility index (Phi) is 3.09. The van der Waals surface area contributed by atoms with Gasteiger partial charge in [0.2, 0.25) is 0 Å². The Balaban J connectivity index is 2.21. The lowest BCUT2D eigenvalue weighted by atomic mass is 10.1. The second-order valence-electron chi connectivity index (χ2n) is 3.85. The Morgan fingerprint density at radius 3 is 2.83 bits per heavy atom. The first-order valence-electron chi connectivity index (χ1n) is 5.29. The molecule has 4 N–H and O–H groups in total. The number of H-pyrrole nitrogens is 1. The van der Waals surface area contributed by atoms with Crippen LogP contribution >= 0.6 is 0 Å². The minimum atomic E-state index is -0.650. The summed E-state index contributed by atoms with van der Waals surface area (Å²) in [5.74, 6) is -0.775. The van der Waals surface area contributed by atoms with E-state index in [1.807, 2.05) is 13.0 Å². The van der Waals surface area contributed by atoms with Crippen LogP contribution in [0.2, 0.25) is 0 Å². The summed E-state index contributed by atoms with van der Waals surface area (Å²) in [4.78, 5) is 23.0. The predicted octanol–water partition coefficient (Wildman–Crippen LogP) is 1.07. The second kappa shape index (κ2) is 4.70. The molecule has 18 heavy (non-hydrogen) atoms. The van der Waals surface area contributed by atoms with Crippen molar-refractivity contribution in [1.29, 1.82) is 0 Å². The molecule has 0 saturated heterocycles. The van der Waals surface area contributed by atoms with Crippen LogP contribution in [-0.2, 0) is 0 Å². The summed E-state index contributed by atoms with van der Waals surface area (Å²) in [6.07, 6.45) is 1.27. The first kappa shape index (κ1) is 11.8. The summed E-state index contributed by atoms with van der Waals surface area (Å²) in [6, 6.07) is 7.10. The zero-order valence-electron chi connectivity index (χ0n) is 9.73. The fourth-order valence-corrected chi connectivity index (χ4v) is 1.54. The molecule has 92 valence electrons. The summed E-state index contributed by atoms with van der Waals surface area (Å²) in [5, 5.41) is 8.74. The second-order valence-corrected chi connectivity index (χ2v) is 3.85. The third-order valence-corrected chi connectivity index (χ3v) is 2.42. The molecule has 1 heterocycles. The average Bonchev–Trinajstić information content (AvgIpc) is 2.77. The van der Waals surface area contributed by atoms with Crippen LogP contribution in [-0.4, -0.2) is 22.0 Å². The maximum absolute atomic E-state index is 11.9. The lowest BCUT2D eigenvalue weighted by molar-refractivity contribution is 0.100. The zero-order chi connectivity index (χ0) is 13.1. The van der Waals surface area contributed by atoms with Crippen LogP contribution in [0.5, 0.6) is 0 Å². The quantitative estimate of drug-likeness (QED) is 0.752. The molecular formula is C12H12N4O2. The van der Waals surface area contributed by atoms with Crippen LogP contribution in [0.4, 0.5) is 5.82 Å². The highest BCUT2D eigenvalue weighted by Gasteiger charge is 2.14. The molecule has 0 aliphatic heterocycles. The van der Waals surface area contributed by atoms with E-state index >= 15 is 0 Å². The van der Waals surface area contributed by atoms with Gasteiger partial charge in [0.05, 0.1) is 6.20 Å². The predicted molar refractivity (Wildman–Crippen MR) is 66.2 cm³/mol. The number of amides is 2. The van der Waals surface area contributed by atoms with Crippen molar-refractivity contribution in [2.75, 3.05) is 5.32 Å². The van der Waals surface area contributed by atoms with Gasteiger partial charge in [-0.2, -0.15) is 5.10 Å². The number of aromatic nitrogens is 2. The van der Waals surface area contributed by atoms with Gasteiger partial charge in [0, 0.05) is 5.56 Å². The Morgan fingerprint density at radius 2 is 2.17 bits per heavy atom. The van der Waals surface area contributed by atoms with Crippen molar-refractivity contribution < 1.29 is 9.59 Å². The number of benzene rings is 1. The largest absolute Gasteiger partial charge is 0.365 e. The number of anilines is 1. The third kappa shape index (κ3) is 2.37. The van der Waals surface area contributed by atoms with Crippen molar-refractivity contribution in [2.24, 2.45) is 5.73 Å². The van der Waals surface area contributed by atoms with Crippen molar-refractivity contribution in [3.63, 3.8) is 0 Å². The Bertz CT molecular complexity index is 604. The number of primary amides is 1. The summed E-state index contributed by atoms with van der Waals surface area (Å²) < 4.78 is 0. The molecule has 0 bridgehead atoms. The monoisotopic (exact) mass is 244 g/mol. The molecule has 6 nitrogen and oxygen atoms in total. The number of carbonyl (C=O) groups is 2. The van der Waals surface area contributed by atoms with Gasteiger partial charge in [-0.25, -0.2) is 0 Å². The lowest BCUT2D eigenvalue weighted by Gasteiger charge is -2.04. The molecule has 0 atom stereocenters. The summed E-state index contributed by atoms with van der Waals surface area (Å²) >= 11 is 0. The first-order valence-corrected chi connectivity index (χ1v) is 5.29. The maximum Gasteiger partial charge on any atom is 0.256 e. The van der Waals surface area contributed by atoms with Crippen LogP contribution in [0.25, 0.3) is 0 Å². The minimum absolute atomic E-state index is 0.149.